The number of aliphatic hydroxyl groups excluding tert-OH is 1. The largest absolute Gasteiger partial charge is 0.458 e. The molecule has 1 N–H and O–H groups in total. The molecule has 2 aromatic rings. The van der Waals surface area contributed by atoms with E-state index in [-0.39, 0.29) is 0 Å². The molecule has 0 spiro atoms. The minimum Gasteiger partial charge on any atom is -0.458 e. The van der Waals surface area contributed by atoms with Crippen LogP contribution in [0.4, 0.5) is 0 Å². The van der Waals surface area contributed by atoms with Crippen LogP contribution >= 0.6 is 0 Å². The number of rotatable bonds is 3. The molecule has 21 heavy (non-hydrogen) atoms. The Morgan fingerprint density at radius 3 is 2.52 bits per heavy atom. The van der Waals surface area contributed by atoms with Gasteiger partial charge in [0.1, 0.15) is 23.0 Å². The number of aliphatic hydroxyl groups is 1. The molecule has 1 aliphatic carbocycles. The van der Waals surface area contributed by atoms with Gasteiger partial charge < -0.3 is 14.3 Å². The van der Waals surface area contributed by atoms with E-state index in [0.717, 1.165) is 42.2 Å². The van der Waals surface area contributed by atoms with Gasteiger partial charge in [0, 0.05) is 12.5 Å². The van der Waals surface area contributed by atoms with E-state index in [1.54, 1.807) is 7.11 Å². The zero-order valence-electron chi connectivity index (χ0n) is 12.9. The molecule has 1 atom stereocenters. The van der Waals surface area contributed by atoms with Crippen LogP contribution in [0.15, 0.2) is 28.7 Å². The van der Waals surface area contributed by atoms with Crippen molar-refractivity contribution in [3.8, 4) is 0 Å². The molecule has 1 saturated carbocycles. The number of hydrogen-bond acceptors (Lipinski definition) is 3. The Bertz CT molecular complexity index is 606. The van der Waals surface area contributed by atoms with Crippen LogP contribution in [-0.4, -0.2) is 17.8 Å². The summed E-state index contributed by atoms with van der Waals surface area (Å²) in [6, 6.07) is 8.02. The van der Waals surface area contributed by atoms with Gasteiger partial charge in [0.25, 0.3) is 0 Å². The highest BCUT2D eigenvalue weighted by Gasteiger charge is 2.41. The third kappa shape index (κ3) is 2.60. The van der Waals surface area contributed by atoms with E-state index < -0.39 is 11.7 Å². The summed E-state index contributed by atoms with van der Waals surface area (Å²) in [6.45, 7) is 2.03. The molecule has 0 radical (unpaired) electrons. The highest BCUT2D eigenvalue weighted by atomic mass is 16.5. The second kappa shape index (κ2) is 5.82. The zero-order chi connectivity index (χ0) is 14.9. The van der Waals surface area contributed by atoms with Crippen molar-refractivity contribution in [2.24, 2.45) is 0 Å². The summed E-state index contributed by atoms with van der Waals surface area (Å²) in [5.41, 5.74) is 1.46. The highest BCUT2D eigenvalue weighted by molar-refractivity contribution is 5.81. The Morgan fingerprint density at radius 2 is 1.90 bits per heavy atom. The van der Waals surface area contributed by atoms with Crippen LogP contribution in [-0.2, 0) is 4.74 Å². The van der Waals surface area contributed by atoms with Crippen molar-refractivity contribution in [3.63, 3.8) is 0 Å². The summed E-state index contributed by atoms with van der Waals surface area (Å²) in [7, 11) is 1.71. The van der Waals surface area contributed by atoms with E-state index in [4.69, 9.17) is 9.15 Å². The Kier molecular flexibility index (Phi) is 4.05. The fourth-order valence-corrected chi connectivity index (χ4v) is 3.54. The minimum atomic E-state index is -0.701. The number of fused-ring (bicyclic) bond motifs is 1. The molecule has 1 fully saturated rings. The first kappa shape index (κ1) is 14.6. The third-order valence-corrected chi connectivity index (χ3v) is 4.88. The summed E-state index contributed by atoms with van der Waals surface area (Å²) < 4.78 is 11.7. The van der Waals surface area contributed by atoms with Crippen molar-refractivity contribution in [2.45, 2.75) is 57.2 Å². The average molecular weight is 288 g/mol. The first-order valence-corrected chi connectivity index (χ1v) is 7.88. The van der Waals surface area contributed by atoms with E-state index in [0.29, 0.717) is 5.76 Å². The normalized spacial score (nSPS) is 20.3. The molecular weight excluding hydrogens is 264 g/mol. The molecule has 0 bridgehead atoms. The molecule has 3 nitrogen and oxygen atoms in total. The average Bonchev–Trinajstić information content (AvgIpc) is 2.79. The third-order valence-electron chi connectivity index (χ3n) is 4.88. The fraction of sp³-hybridized carbons (Fsp3) is 0.556. The Morgan fingerprint density at radius 1 is 1.19 bits per heavy atom. The number of methoxy groups -OCH3 is 1. The molecule has 0 saturated heterocycles. The van der Waals surface area contributed by atoms with Crippen molar-refractivity contribution in [2.75, 3.05) is 7.11 Å². The second-order valence-corrected chi connectivity index (χ2v) is 6.23. The lowest BCUT2D eigenvalue weighted by molar-refractivity contribution is -0.120. The molecule has 1 aromatic carbocycles. The zero-order valence-corrected chi connectivity index (χ0v) is 12.9. The van der Waals surface area contributed by atoms with Crippen LogP contribution in [0, 0.1) is 6.92 Å². The molecule has 0 amide bonds. The van der Waals surface area contributed by atoms with Crippen molar-refractivity contribution in [1.82, 2.24) is 0 Å². The monoisotopic (exact) mass is 288 g/mol. The Labute approximate surface area is 125 Å². The quantitative estimate of drug-likeness (QED) is 0.845. The van der Waals surface area contributed by atoms with Crippen molar-refractivity contribution in [3.05, 3.63) is 35.6 Å². The van der Waals surface area contributed by atoms with Gasteiger partial charge in [-0.25, -0.2) is 0 Å². The maximum absolute atomic E-state index is 10.9. The number of ether oxygens (including phenoxy) is 1. The first-order valence-electron chi connectivity index (χ1n) is 7.88. The molecule has 3 heteroatoms. The van der Waals surface area contributed by atoms with Crippen LogP contribution in [0.3, 0.4) is 0 Å². The standard InChI is InChI=1S/C18H24O3/c1-13-8-7-9-14-12-15(21-16(13)14)17(19)18(20-2)10-5-3-4-6-11-18/h7-9,12,17,19H,3-6,10-11H2,1-2H3. The van der Waals surface area contributed by atoms with Crippen LogP contribution in [0.25, 0.3) is 11.0 Å². The van der Waals surface area contributed by atoms with Crippen molar-refractivity contribution < 1.29 is 14.3 Å². The Balaban J connectivity index is 1.97. The fourth-order valence-electron chi connectivity index (χ4n) is 3.54. The Hall–Kier alpha value is -1.32. The van der Waals surface area contributed by atoms with Gasteiger partial charge in [0.15, 0.2) is 0 Å². The maximum Gasteiger partial charge on any atom is 0.140 e. The lowest BCUT2D eigenvalue weighted by Gasteiger charge is -2.35. The van der Waals surface area contributed by atoms with Gasteiger partial charge in [-0.2, -0.15) is 0 Å². The molecule has 114 valence electrons. The van der Waals surface area contributed by atoms with Gasteiger partial charge in [-0.3, -0.25) is 0 Å². The first-order chi connectivity index (χ1) is 10.2. The van der Waals surface area contributed by atoms with E-state index in [1.165, 1.54) is 12.8 Å². The summed E-state index contributed by atoms with van der Waals surface area (Å²) in [6.07, 6.45) is 5.72. The minimum absolute atomic E-state index is 0.502. The SMILES string of the molecule is COC1(C(O)c2cc3cccc(C)c3o2)CCCCCC1. The van der Waals surface area contributed by atoms with Crippen LogP contribution in [0.5, 0.6) is 0 Å². The van der Waals surface area contributed by atoms with E-state index in [1.807, 2.05) is 31.2 Å². The summed E-state index contributed by atoms with van der Waals surface area (Å²) in [5.74, 6) is 0.628. The summed E-state index contributed by atoms with van der Waals surface area (Å²) in [4.78, 5) is 0. The van der Waals surface area contributed by atoms with Gasteiger partial charge in [0.05, 0.1) is 0 Å². The van der Waals surface area contributed by atoms with Crippen molar-refractivity contribution >= 4 is 11.0 Å². The van der Waals surface area contributed by atoms with Gasteiger partial charge in [-0.05, 0) is 31.4 Å². The number of aryl methyl sites for hydroxylation is 1. The maximum atomic E-state index is 10.9. The van der Waals surface area contributed by atoms with Crippen LogP contribution in [0.2, 0.25) is 0 Å². The van der Waals surface area contributed by atoms with E-state index >= 15 is 0 Å². The predicted molar refractivity (Wildman–Crippen MR) is 83.4 cm³/mol. The smallest absolute Gasteiger partial charge is 0.140 e. The number of para-hydroxylation sites is 1. The molecule has 1 unspecified atom stereocenters. The molecular formula is C18H24O3. The highest BCUT2D eigenvalue weighted by Crippen LogP contribution is 2.41. The number of furan rings is 1. The number of hydrogen-bond donors (Lipinski definition) is 1. The molecule has 3 rings (SSSR count). The molecule has 1 aliphatic rings. The van der Waals surface area contributed by atoms with Gasteiger partial charge >= 0.3 is 0 Å². The van der Waals surface area contributed by atoms with Gasteiger partial charge in [0.2, 0.25) is 0 Å². The predicted octanol–water partition coefficient (Wildman–Crippen LogP) is 4.51. The van der Waals surface area contributed by atoms with Gasteiger partial charge in [-0.15, -0.1) is 0 Å². The molecule has 0 aliphatic heterocycles. The van der Waals surface area contributed by atoms with E-state index in [9.17, 15) is 5.11 Å². The summed E-state index contributed by atoms with van der Waals surface area (Å²) in [5, 5.41) is 11.9. The second-order valence-electron chi connectivity index (χ2n) is 6.23. The van der Waals surface area contributed by atoms with Crippen molar-refractivity contribution in [1.29, 1.82) is 0 Å². The van der Waals surface area contributed by atoms with Crippen LogP contribution in [0.1, 0.15) is 56.0 Å². The lowest BCUT2D eigenvalue weighted by Crippen LogP contribution is -2.38. The molecule has 1 aromatic heterocycles. The van der Waals surface area contributed by atoms with Crippen LogP contribution < -0.4 is 0 Å². The van der Waals surface area contributed by atoms with Gasteiger partial charge in [-0.1, -0.05) is 43.9 Å². The molecule has 1 heterocycles. The lowest BCUT2D eigenvalue weighted by atomic mass is 9.86. The number of benzene rings is 1. The topological polar surface area (TPSA) is 42.6 Å². The van der Waals surface area contributed by atoms with E-state index in [2.05, 4.69) is 0 Å². The summed E-state index contributed by atoms with van der Waals surface area (Å²) >= 11 is 0.